The molecule has 0 amide bonds. The monoisotopic (exact) mass is 301 g/mol. The molecule has 0 aromatic carbocycles. The minimum Gasteiger partial charge on any atom is 0 e. The molecule has 0 aliphatic rings. The Morgan fingerprint density at radius 1 is 1.00 bits per heavy atom. The molecule has 0 atom stereocenters. The van der Waals surface area contributed by atoms with Crippen LogP contribution in [0.3, 0.4) is 0 Å². The van der Waals surface area contributed by atoms with Gasteiger partial charge in [0, 0.05) is 100 Å². The number of hydrogen-bond donors (Lipinski definition) is 0. The molecule has 0 nitrogen and oxygen atoms in total. The third-order valence-electron chi connectivity index (χ3n) is 0. The van der Waals surface area contributed by atoms with Crippen LogP contribution in [0, 0.1) is 0 Å². The molecule has 4 heavy (non-hydrogen) atoms. The van der Waals surface area contributed by atoms with Crippen LogP contribution in [0.1, 0.15) is 0 Å². The minimum atomic E-state index is 0. The van der Waals surface area contributed by atoms with Crippen LogP contribution in [0.25, 0.3) is 0 Å². The SMILES string of the molecule is [Co].[Fe].[Mo].[Sr]. The van der Waals surface area contributed by atoms with Crippen LogP contribution in [0.4, 0.5) is 0 Å². The van der Waals surface area contributed by atoms with Crippen molar-refractivity contribution in [2.75, 3.05) is 0 Å². The van der Waals surface area contributed by atoms with Crippen molar-refractivity contribution in [3.05, 3.63) is 0 Å². The summed E-state index contributed by atoms with van der Waals surface area (Å²) in [5, 5.41) is 0. The molecular weight excluding hydrogens is 298 g/mol. The normalized spacial score (nSPS) is 0. The van der Waals surface area contributed by atoms with E-state index in [1.165, 1.54) is 0 Å². The maximum atomic E-state index is 0. The Labute approximate surface area is 98.1 Å². The average molecular weight is 298 g/mol. The topological polar surface area (TPSA) is 0 Å². The van der Waals surface area contributed by atoms with Crippen molar-refractivity contribution in [2.45, 2.75) is 0 Å². The van der Waals surface area contributed by atoms with E-state index in [1.807, 2.05) is 0 Å². The number of hydrogen-bond acceptors (Lipinski definition) is 0. The van der Waals surface area contributed by atoms with Crippen LogP contribution in [0.2, 0.25) is 0 Å². The summed E-state index contributed by atoms with van der Waals surface area (Å²) < 4.78 is 0. The molecule has 0 unspecified atom stereocenters. The Morgan fingerprint density at radius 2 is 1.00 bits per heavy atom. The molecular formula is CoFeMoSr. The first-order chi connectivity index (χ1) is 0. The van der Waals surface area contributed by atoms with E-state index in [0.717, 1.165) is 0 Å². The van der Waals surface area contributed by atoms with Gasteiger partial charge in [0.15, 0.2) is 0 Å². The zero-order valence-corrected chi connectivity index (χ0v) is 9.43. The van der Waals surface area contributed by atoms with Gasteiger partial charge in [0.1, 0.15) is 0 Å². The largest absolute Gasteiger partial charge is 0 e. The van der Waals surface area contributed by atoms with E-state index in [-0.39, 0.29) is 100 Å². The van der Waals surface area contributed by atoms with E-state index >= 15 is 0 Å². The first-order valence-corrected chi connectivity index (χ1v) is 0. The van der Waals surface area contributed by atoms with Gasteiger partial charge in [-0.05, 0) is 0 Å². The van der Waals surface area contributed by atoms with Gasteiger partial charge in [-0.1, -0.05) is 0 Å². The van der Waals surface area contributed by atoms with E-state index in [9.17, 15) is 0 Å². The molecule has 0 aliphatic carbocycles. The second-order valence-corrected chi connectivity index (χ2v) is 0. The molecule has 0 fully saturated rings. The summed E-state index contributed by atoms with van der Waals surface area (Å²) >= 11 is 0. The van der Waals surface area contributed by atoms with E-state index in [1.54, 1.807) is 0 Å². The van der Waals surface area contributed by atoms with Gasteiger partial charge >= 0.3 is 0 Å². The fourth-order valence-corrected chi connectivity index (χ4v) is 0. The van der Waals surface area contributed by atoms with Gasteiger partial charge in [-0.15, -0.1) is 0 Å². The predicted molar refractivity (Wildman–Crippen MR) is 5.75 cm³/mol. The Bertz CT molecular complexity index is 8.00. The van der Waals surface area contributed by atoms with Gasteiger partial charge in [-0.25, -0.2) is 0 Å². The first kappa shape index (κ1) is 27.1. The molecule has 0 aromatic rings. The van der Waals surface area contributed by atoms with Gasteiger partial charge in [0.25, 0.3) is 0 Å². The zero-order chi connectivity index (χ0) is 0. The average Bonchev–Trinajstić information content (AvgIpc) is 0. The van der Waals surface area contributed by atoms with Crippen molar-refractivity contribution < 1.29 is 54.9 Å². The fourth-order valence-electron chi connectivity index (χ4n) is 0. The maximum Gasteiger partial charge on any atom is 0 e. The summed E-state index contributed by atoms with van der Waals surface area (Å²) in [7, 11) is 0. The molecule has 0 saturated heterocycles. The van der Waals surface area contributed by atoms with E-state index in [0.29, 0.717) is 0 Å². The van der Waals surface area contributed by atoms with Gasteiger partial charge < -0.3 is 0 Å². The summed E-state index contributed by atoms with van der Waals surface area (Å²) in [5.74, 6) is 0. The third kappa shape index (κ3) is 8.96. The van der Waals surface area contributed by atoms with Gasteiger partial charge in [0.05, 0.1) is 0 Å². The maximum absolute atomic E-state index is 0. The summed E-state index contributed by atoms with van der Waals surface area (Å²) in [5.41, 5.74) is 0. The third-order valence-corrected chi connectivity index (χ3v) is 0. The standard InChI is InChI=1S/Co.Fe.Mo.Sr. The molecule has 0 spiro atoms. The van der Waals surface area contributed by atoms with Crippen LogP contribution in [-0.2, 0) is 54.9 Å². The molecule has 0 aromatic heterocycles. The van der Waals surface area contributed by atoms with Gasteiger partial charge in [0.2, 0.25) is 0 Å². The van der Waals surface area contributed by atoms with Crippen LogP contribution >= 0.6 is 0 Å². The van der Waals surface area contributed by atoms with Gasteiger partial charge in [-0.3, -0.25) is 0 Å². The van der Waals surface area contributed by atoms with E-state index in [4.69, 9.17) is 0 Å². The van der Waals surface area contributed by atoms with Crippen molar-refractivity contribution in [1.29, 1.82) is 0 Å². The molecule has 0 aliphatic heterocycles. The van der Waals surface area contributed by atoms with Crippen molar-refractivity contribution in [2.24, 2.45) is 0 Å². The Morgan fingerprint density at radius 3 is 1.00 bits per heavy atom. The molecule has 0 heterocycles. The van der Waals surface area contributed by atoms with Crippen LogP contribution in [-0.4, -0.2) is 45.5 Å². The van der Waals surface area contributed by atoms with Crippen LogP contribution in [0.5, 0.6) is 0 Å². The molecule has 0 bridgehead atoms. The van der Waals surface area contributed by atoms with Crippen molar-refractivity contribution in [1.82, 2.24) is 0 Å². The van der Waals surface area contributed by atoms with Gasteiger partial charge in [-0.2, -0.15) is 0 Å². The van der Waals surface area contributed by atoms with Crippen molar-refractivity contribution in [3.63, 3.8) is 0 Å². The quantitative estimate of drug-likeness (QED) is 0.535. The molecule has 0 rings (SSSR count). The second-order valence-electron chi connectivity index (χ2n) is 0. The molecule has 0 N–H and O–H groups in total. The Kier molecular flexibility index (Phi) is 111. The molecule has 3 radical (unpaired) electrons. The number of rotatable bonds is 0. The molecule has 25 valence electrons. The van der Waals surface area contributed by atoms with E-state index in [2.05, 4.69) is 0 Å². The fraction of sp³-hybridized carbons (Fsp3) is 0. The Hall–Kier alpha value is 3.19. The predicted octanol–water partition coefficient (Wildman–Crippen LogP) is -0.388. The second kappa shape index (κ2) is 16.4. The minimum absolute atomic E-state index is 0. The van der Waals surface area contributed by atoms with Crippen LogP contribution < -0.4 is 0 Å². The summed E-state index contributed by atoms with van der Waals surface area (Å²) in [4.78, 5) is 0. The Balaban J connectivity index is 0. The molecule has 0 saturated carbocycles. The first-order valence-electron chi connectivity index (χ1n) is 0. The van der Waals surface area contributed by atoms with Crippen molar-refractivity contribution in [3.8, 4) is 0 Å². The summed E-state index contributed by atoms with van der Waals surface area (Å²) in [6.45, 7) is 0. The summed E-state index contributed by atoms with van der Waals surface area (Å²) in [6.07, 6.45) is 0. The summed E-state index contributed by atoms with van der Waals surface area (Å²) in [6, 6.07) is 0. The zero-order valence-electron chi connectivity index (χ0n) is 1.80. The van der Waals surface area contributed by atoms with Crippen molar-refractivity contribution >= 4 is 45.5 Å². The molecule has 4 heteroatoms. The van der Waals surface area contributed by atoms with Crippen LogP contribution in [0.15, 0.2) is 0 Å². The van der Waals surface area contributed by atoms with E-state index < -0.39 is 0 Å². The smallest absolute Gasteiger partial charge is 0 e.